The predicted molar refractivity (Wildman–Crippen MR) is 134 cm³/mol. The Labute approximate surface area is 192 Å². The minimum atomic E-state index is -0.00507. The lowest BCUT2D eigenvalue weighted by Crippen LogP contribution is -2.48. The first kappa shape index (κ1) is 20.9. The molecular formula is C26H28N4OS. The van der Waals surface area contributed by atoms with E-state index in [4.69, 9.17) is 4.98 Å². The minimum Gasteiger partial charge on any atom is -0.351 e. The Bertz CT molecular complexity index is 1270. The Morgan fingerprint density at radius 1 is 1.00 bits per heavy atom. The standard InChI is InChI=1S/C26H28N4OS/c1-18-15-19(2)24-23(16-18)28-26(32-24)30-13-11-29(12-14-30)10-9-27-25(31)22-8-7-20-5-3-4-6-21(20)17-22/h3-8,15-17H,9-14H2,1-2H3,(H,27,31). The van der Waals surface area contributed by atoms with Crippen molar-refractivity contribution >= 4 is 43.4 Å². The molecule has 5 nitrogen and oxygen atoms in total. The van der Waals surface area contributed by atoms with Gasteiger partial charge in [-0.2, -0.15) is 0 Å². The highest BCUT2D eigenvalue weighted by Crippen LogP contribution is 2.32. The quantitative estimate of drug-likeness (QED) is 0.488. The number of carbonyl (C=O) groups excluding carboxylic acids is 1. The van der Waals surface area contributed by atoms with Gasteiger partial charge in [0, 0.05) is 44.8 Å². The van der Waals surface area contributed by atoms with E-state index in [0.717, 1.165) is 59.7 Å². The lowest BCUT2D eigenvalue weighted by Gasteiger charge is -2.34. The van der Waals surface area contributed by atoms with E-state index >= 15 is 0 Å². The Kier molecular flexibility index (Phi) is 5.81. The number of nitrogens with one attached hydrogen (secondary N) is 1. The number of piperazine rings is 1. The molecule has 0 spiro atoms. The molecule has 1 fully saturated rings. The molecule has 1 amide bonds. The summed E-state index contributed by atoms with van der Waals surface area (Å²) in [6, 6.07) is 18.4. The number of amides is 1. The fourth-order valence-corrected chi connectivity index (χ4v) is 5.49. The maximum Gasteiger partial charge on any atom is 0.251 e. The molecule has 0 saturated carbocycles. The molecule has 0 bridgehead atoms. The van der Waals surface area contributed by atoms with E-state index in [9.17, 15) is 4.79 Å². The fourth-order valence-electron chi connectivity index (χ4n) is 4.42. The van der Waals surface area contributed by atoms with Gasteiger partial charge >= 0.3 is 0 Å². The first-order valence-electron chi connectivity index (χ1n) is 11.2. The van der Waals surface area contributed by atoms with Crippen LogP contribution in [0.4, 0.5) is 5.13 Å². The molecule has 164 valence electrons. The molecule has 6 heteroatoms. The number of thiazole rings is 1. The van der Waals surface area contributed by atoms with Gasteiger partial charge in [-0.1, -0.05) is 47.7 Å². The van der Waals surface area contributed by atoms with E-state index in [-0.39, 0.29) is 5.91 Å². The second-order valence-electron chi connectivity index (χ2n) is 8.57. The summed E-state index contributed by atoms with van der Waals surface area (Å²) in [6.07, 6.45) is 0. The van der Waals surface area contributed by atoms with Crippen molar-refractivity contribution in [2.75, 3.05) is 44.2 Å². The van der Waals surface area contributed by atoms with Gasteiger partial charge in [0.25, 0.3) is 5.91 Å². The van der Waals surface area contributed by atoms with E-state index in [1.165, 1.54) is 15.8 Å². The number of hydrogen-bond acceptors (Lipinski definition) is 5. The van der Waals surface area contributed by atoms with Crippen LogP contribution in [0, 0.1) is 13.8 Å². The van der Waals surface area contributed by atoms with E-state index in [0.29, 0.717) is 6.54 Å². The number of benzene rings is 3. The van der Waals surface area contributed by atoms with Crippen LogP contribution >= 0.6 is 11.3 Å². The van der Waals surface area contributed by atoms with Crippen LogP contribution in [0.3, 0.4) is 0 Å². The molecule has 1 N–H and O–H groups in total. The van der Waals surface area contributed by atoms with Crippen LogP contribution in [0.5, 0.6) is 0 Å². The van der Waals surface area contributed by atoms with Crippen molar-refractivity contribution in [1.29, 1.82) is 0 Å². The number of nitrogens with zero attached hydrogens (tertiary/aromatic N) is 3. The molecule has 0 aliphatic carbocycles. The monoisotopic (exact) mass is 444 g/mol. The molecule has 3 aromatic carbocycles. The summed E-state index contributed by atoms with van der Waals surface area (Å²) < 4.78 is 1.30. The second-order valence-corrected chi connectivity index (χ2v) is 9.55. The molecule has 0 unspecified atom stereocenters. The smallest absolute Gasteiger partial charge is 0.251 e. The van der Waals surface area contributed by atoms with Crippen LogP contribution in [-0.2, 0) is 0 Å². The van der Waals surface area contributed by atoms with Crippen molar-refractivity contribution in [1.82, 2.24) is 15.2 Å². The number of carbonyl (C=O) groups is 1. The van der Waals surface area contributed by atoms with E-state index in [1.807, 2.05) is 36.4 Å². The average molecular weight is 445 g/mol. The summed E-state index contributed by atoms with van der Waals surface area (Å²) in [7, 11) is 0. The number of aromatic nitrogens is 1. The fraction of sp³-hybridized carbons (Fsp3) is 0.308. The van der Waals surface area contributed by atoms with Crippen LogP contribution in [0.1, 0.15) is 21.5 Å². The van der Waals surface area contributed by atoms with Gasteiger partial charge in [-0.3, -0.25) is 9.69 Å². The summed E-state index contributed by atoms with van der Waals surface area (Å²) in [4.78, 5) is 22.3. The molecule has 0 radical (unpaired) electrons. The summed E-state index contributed by atoms with van der Waals surface area (Å²) >= 11 is 1.80. The lowest BCUT2D eigenvalue weighted by molar-refractivity contribution is 0.0948. The lowest BCUT2D eigenvalue weighted by atomic mass is 10.1. The largest absolute Gasteiger partial charge is 0.351 e. The second kappa shape index (κ2) is 8.88. The van der Waals surface area contributed by atoms with Gasteiger partial charge in [-0.25, -0.2) is 4.98 Å². The summed E-state index contributed by atoms with van der Waals surface area (Å²) in [6.45, 7) is 9.73. The van der Waals surface area contributed by atoms with E-state index < -0.39 is 0 Å². The molecule has 1 aromatic heterocycles. The summed E-state index contributed by atoms with van der Waals surface area (Å²) in [5.41, 5.74) is 4.41. The van der Waals surface area contributed by atoms with Gasteiger partial charge in [0.2, 0.25) is 0 Å². The normalized spacial score (nSPS) is 14.9. The first-order chi connectivity index (χ1) is 15.6. The van der Waals surface area contributed by atoms with Crippen molar-refractivity contribution in [3.05, 3.63) is 71.3 Å². The first-order valence-corrected chi connectivity index (χ1v) is 12.0. The highest BCUT2D eigenvalue weighted by atomic mass is 32.1. The third kappa shape index (κ3) is 4.33. The molecule has 2 heterocycles. The van der Waals surface area contributed by atoms with E-state index in [2.05, 4.69) is 47.2 Å². The van der Waals surface area contributed by atoms with Gasteiger partial charge in [0.05, 0.1) is 10.2 Å². The molecule has 1 aliphatic heterocycles. The Morgan fingerprint density at radius 3 is 2.59 bits per heavy atom. The van der Waals surface area contributed by atoms with Crippen molar-refractivity contribution in [3.8, 4) is 0 Å². The SMILES string of the molecule is Cc1cc(C)c2sc(N3CCN(CCNC(=O)c4ccc5ccccc5c4)CC3)nc2c1. The highest BCUT2D eigenvalue weighted by Gasteiger charge is 2.20. The summed E-state index contributed by atoms with van der Waals surface area (Å²) in [5, 5.41) is 6.45. The maximum atomic E-state index is 12.6. The zero-order valence-electron chi connectivity index (χ0n) is 18.6. The van der Waals surface area contributed by atoms with Crippen LogP contribution in [0.15, 0.2) is 54.6 Å². The van der Waals surface area contributed by atoms with Gasteiger partial charge in [0.1, 0.15) is 0 Å². The Morgan fingerprint density at radius 2 is 1.78 bits per heavy atom. The van der Waals surface area contributed by atoms with Crippen molar-refractivity contribution in [3.63, 3.8) is 0 Å². The molecule has 0 atom stereocenters. The molecule has 32 heavy (non-hydrogen) atoms. The predicted octanol–water partition coefficient (Wildman–Crippen LogP) is 4.62. The molecule has 4 aromatic rings. The third-order valence-corrected chi connectivity index (χ3v) is 7.44. The number of aryl methyl sites for hydroxylation is 2. The Balaban J connectivity index is 1.13. The van der Waals surface area contributed by atoms with Crippen LogP contribution in [0.25, 0.3) is 21.0 Å². The van der Waals surface area contributed by atoms with Crippen molar-refractivity contribution in [2.45, 2.75) is 13.8 Å². The molecule has 1 aliphatic rings. The maximum absolute atomic E-state index is 12.6. The van der Waals surface area contributed by atoms with Gasteiger partial charge in [-0.05, 0) is 53.9 Å². The van der Waals surface area contributed by atoms with Crippen LogP contribution in [-0.4, -0.2) is 55.1 Å². The van der Waals surface area contributed by atoms with E-state index in [1.54, 1.807) is 11.3 Å². The average Bonchev–Trinajstić information content (AvgIpc) is 3.23. The number of hydrogen-bond donors (Lipinski definition) is 1. The van der Waals surface area contributed by atoms with Crippen LogP contribution < -0.4 is 10.2 Å². The number of anilines is 1. The van der Waals surface area contributed by atoms with Crippen molar-refractivity contribution < 1.29 is 4.79 Å². The third-order valence-electron chi connectivity index (χ3n) is 6.18. The molecule has 5 rings (SSSR count). The number of fused-ring (bicyclic) bond motifs is 2. The van der Waals surface area contributed by atoms with Crippen molar-refractivity contribution in [2.24, 2.45) is 0 Å². The van der Waals surface area contributed by atoms with Gasteiger partial charge < -0.3 is 10.2 Å². The zero-order valence-corrected chi connectivity index (χ0v) is 19.4. The topological polar surface area (TPSA) is 48.5 Å². The van der Waals surface area contributed by atoms with Gasteiger partial charge in [-0.15, -0.1) is 0 Å². The molecular weight excluding hydrogens is 416 g/mol. The minimum absolute atomic E-state index is 0.00507. The highest BCUT2D eigenvalue weighted by molar-refractivity contribution is 7.22. The number of rotatable bonds is 5. The molecule has 1 saturated heterocycles. The van der Waals surface area contributed by atoms with Crippen LogP contribution in [0.2, 0.25) is 0 Å². The van der Waals surface area contributed by atoms with Gasteiger partial charge in [0.15, 0.2) is 5.13 Å². The summed E-state index contributed by atoms with van der Waals surface area (Å²) in [5.74, 6) is -0.00507. The Hall–Kier alpha value is -2.96. The zero-order chi connectivity index (χ0) is 22.1.